The fourth-order valence-corrected chi connectivity index (χ4v) is 4.52. The SMILES string of the molecule is CC(C)C(=O)NCc1ccc(Cl)c(C(=O)Nc2ccc3c(c2)cc(C(=O)Nc2cc(F)cc(F)c2)n3C(C)C)c1. The second kappa shape index (κ2) is 11.9. The van der Waals surface area contributed by atoms with Gasteiger partial charge in [0, 0.05) is 46.8 Å². The van der Waals surface area contributed by atoms with Crippen LogP contribution in [0.3, 0.4) is 0 Å². The van der Waals surface area contributed by atoms with Crippen LogP contribution in [-0.4, -0.2) is 22.3 Å². The highest BCUT2D eigenvalue weighted by atomic mass is 35.5. The molecule has 0 saturated heterocycles. The van der Waals surface area contributed by atoms with Gasteiger partial charge in [-0.15, -0.1) is 0 Å². The van der Waals surface area contributed by atoms with Gasteiger partial charge in [-0.25, -0.2) is 8.78 Å². The van der Waals surface area contributed by atoms with Gasteiger partial charge in [0.25, 0.3) is 11.8 Å². The Kier molecular flexibility index (Phi) is 8.54. The molecule has 0 aliphatic carbocycles. The third-order valence-electron chi connectivity index (χ3n) is 6.23. The summed E-state index contributed by atoms with van der Waals surface area (Å²) >= 11 is 6.30. The molecule has 208 valence electrons. The Labute approximate surface area is 235 Å². The van der Waals surface area contributed by atoms with Crippen LogP contribution in [0.4, 0.5) is 20.2 Å². The van der Waals surface area contributed by atoms with Crippen molar-refractivity contribution < 1.29 is 23.2 Å². The van der Waals surface area contributed by atoms with E-state index >= 15 is 0 Å². The minimum atomic E-state index is -0.800. The van der Waals surface area contributed by atoms with Gasteiger partial charge in [0.2, 0.25) is 5.91 Å². The zero-order valence-electron chi connectivity index (χ0n) is 22.4. The number of fused-ring (bicyclic) bond motifs is 1. The lowest BCUT2D eigenvalue weighted by molar-refractivity contribution is -0.124. The summed E-state index contributed by atoms with van der Waals surface area (Å²) in [7, 11) is 0. The average molecular weight is 567 g/mol. The van der Waals surface area contributed by atoms with E-state index in [9.17, 15) is 23.2 Å². The predicted molar refractivity (Wildman–Crippen MR) is 153 cm³/mol. The van der Waals surface area contributed by atoms with Crippen LogP contribution in [0.1, 0.15) is 60.1 Å². The van der Waals surface area contributed by atoms with Crippen molar-refractivity contribution in [2.24, 2.45) is 5.92 Å². The van der Waals surface area contributed by atoms with Crippen LogP contribution < -0.4 is 16.0 Å². The predicted octanol–water partition coefficient (Wildman–Crippen LogP) is 6.93. The topological polar surface area (TPSA) is 92.2 Å². The van der Waals surface area contributed by atoms with Gasteiger partial charge >= 0.3 is 0 Å². The summed E-state index contributed by atoms with van der Waals surface area (Å²) in [6, 6.07) is 14.5. The monoisotopic (exact) mass is 566 g/mol. The summed E-state index contributed by atoms with van der Waals surface area (Å²) in [4.78, 5) is 38.1. The molecule has 0 radical (unpaired) electrons. The number of hydrogen-bond acceptors (Lipinski definition) is 3. The van der Waals surface area contributed by atoms with Crippen LogP contribution in [0.5, 0.6) is 0 Å². The standard InChI is InChI=1S/C30H29ClF2N4O3/c1-16(2)28(38)34-15-18-5-7-25(31)24(9-18)29(39)35-22-6-8-26-19(10-22)11-27(37(26)17(3)4)30(40)36-23-13-20(32)12-21(33)14-23/h5-14,16-17H,15H2,1-4H3,(H,34,38)(H,35,39)(H,36,40). The normalized spacial score (nSPS) is 11.2. The van der Waals surface area contributed by atoms with Crippen LogP contribution >= 0.6 is 11.6 Å². The molecule has 0 atom stereocenters. The van der Waals surface area contributed by atoms with Crippen molar-refractivity contribution >= 4 is 51.6 Å². The molecule has 0 bridgehead atoms. The van der Waals surface area contributed by atoms with Crippen LogP contribution in [0.15, 0.2) is 60.7 Å². The first kappa shape index (κ1) is 28.8. The van der Waals surface area contributed by atoms with Crippen molar-refractivity contribution in [3.63, 3.8) is 0 Å². The van der Waals surface area contributed by atoms with Crippen molar-refractivity contribution in [2.45, 2.75) is 40.3 Å². The fraction of sp³-hybridized carbons (Fsp3) is 0.233. The molecule has 1 aromatic heterocycles. The maximum absolute atomic E-state index is 13.6. The third kappa shape index (κ3) is 6.48. The number of benzene rings is 3. The van der Waals surface area contributed by atoms with E-state index in [0.717, 1.165) is 29.3 Å². The number of halogens is 3. The van der Waals surface area contributed by atoms with Crippen molar-refractivity contribution in [2.75, 3.05) is 10.6 Å². The number of amides is 3. The number of hydrogen-bond donors (Lipinski definition) is 3. The molecule has 10 heteroatoms. The van der Waals surface area contributed by atoms with Crippen LogP contribution in [0.2, 0.25) is 5.02 Å². The van der Waals surface area contributed by atoms with Gasteiger partial charge in [0.1, 0.15) is 17.3 Å². The van der Waals surface area contributed by atoms with E-state index in [1.54, 1.807) is 60.9 Å². The highest BCUT2D eigenvalue weighted by Crippen LogP contribution is 2.28. The van der Waals surface area contributed by atoms with Crippen molar-refractivity contribution in [1.82, 2.24) is 9.88 Å². The first-order valence-electron chi connectivity index (χ1n) is 12.7. The van der Waals surface area contributed by atoms with Crippen molar-refractivity contribution in [3.8, 4) is 0 Å². The van der Waals surface area contributed by atoms with Gasteiger partial charge in [-0.3, -0.25) is 14.4 Å². The van der Waals surface area contributed by atoms with E-state index in [0.29, 0.717) is 11.1 Å². The number of rotatable bonds is 8. The van der Waals surface area contributed by atoms with Gasteiger partial charge in [-0.1, -0.05) is 31.5 Å². The van der Waals surface area contributed by atoms with E-state index < -0.39 is 23.4 Å². The number of nitrogens with zero attached hydrogens (tertiary/aromatic N) is 1. The molecule has 0 unspecified atom stereocenters. The number of aromatic nitrogens is 1. The molecular formula is C30H29ClF2N4O3. The highest BCUT2D eigenvalue weighted by molar-refractivity contribution is 6.34. The molecule has 1 heterocycles. The van der Waals surface area contributed by atoms with Gasteiger partial charge < -0.3 is 20.5 Å². The van der Waals surface area contributed by atoms with E-state index in [4.69, 9.17) is 11.6 Å². The zero-order chi connectivity index (χ0) is 29.1. The maximum atomic E-state index is 13.6. The Morgan fingerprint density at radius 2 is 1.50 bits per heavy atom. The lowest BCUT2D eigenvalue weighted by Gasteiger charge is -2.15. The Morgan fingerprint density at radius 1 is 0.825 bits per heavy atom. The minimum absolute atomic E-state index is 0.00102. The summed E-state index contributed by atoms with van der Waals surface area (Å²) in [5.74, 6) is -2.83. The molecule has 4 rings (SSSR count). The van der Waals surface area contributed by atoms with E-state index in [2.05, 4.69) is 16.0 Å². The molecule has 0 saturated carbocycles. The molecule has 0 fully saturated rings. The lowest BCUT2D eigenvalue weighted by Crippen LogP contribution is -2.27. The number of anilines is 2. The van der Waals surface area contributed by atoms with Crippen LogP contribution in [-0.2, 0) is 11.3 Å². The average Bonchev–Trinajstić information content (AvgIpc) is 3.26. The smallest absolute Gasteiger partial charge is 0.272 e. The van der Waals surface area contributed by atoms with Crippen molar-refractivity contribution in [1.29, 1.82) is 0 Å². The number of carbonyl (C=O) groups excluding carboxylic acids is 3. The number of carbonyl (C=O) groups is 3. The highest BCUT2D eigenvalue weighted by Gasteiger charge is 2.20. The van der Waals surface area contributed by atoms with Gasteiger partial charge in [0.05, 0.1) is 10.6 Å². The summed E-state index contributed by atoms with van der Waals surface area (Å²) < 4.78 is 29.0. The molecule has 0 spiro atoms. The minimum Gasteiger partial charge on any atom is -0.352 e. The van der Waals surface area contributed by atoms with E-state index in [1.165, 1.54) is 0 Å². The first-order chi connectivity index (χ1) is 18.9. The Hall–Kier alpha value is -4.24. The molecule has 4 aromatic rings. The summed E-state index contributed by atoms with van der Waals surface area (Å²) in [6.07, 6.45) is 0. The van der Waals surface area contributed by atoms with E-state index in [1.807, 2.05) is 13.8 Å². The lowest BCUT2D eigenvalue weighted by atomic mass is 10.1. The molecular weight excluding hydrogens is 538 g/mol. The zero-order valence-corrected chi connectivity index (χ0v) is 23.2. The summed E-state index contributed by atoms with van der Waals surface area (Å²) in [5, 5.41) is 9.14. The summed E-state index contributed by atoms with van der Waals surface area (Å²) in [6.45, 7) is 7.67. The Bertz CT molecular complexity index is 1590. The molecule has 3 N–H and O–H groups in total. The van der Waals surface area contributed by atoms with Gasteiger partial charge in [-0.05, 0) is 67.9 Å². The second-order valence-electron chi connectivity index (χ2n) is 10.0. The molecule has 3 amide bonds. The molecule has 0 aliphatic heterocycles. The Balaban J connectivity index is 1.58. The van der Waals surface area contributed by atoms with E-state index in [-0.39, 0.29) is 46.4 Å². The molecule has 7 nitrogen and oxygen atoms in total. The van der Waals surface area contributed by atoms with Gasteiger partial charge in [-0.2, -0.15) is 0 Å². The van der Waals surface area contributed by atoms with Crippen molar-refractivity contribution in [3.05, 3.63) is 94.1 Å². The van der Waals surface area contributed by atoms with Crippen LogP contribution in [0, 0.1) is 17.6 Å². The third-order valence-corrected chi connectivity index (χ3v) is 6.56. The maximum Gasteiger partial charge on any atom is 0.272 e. The Morgan fingerprint density at radius 3 is 2.15 bits per heavy atom. The van der Waals surface area contributed by atoms with Gasteiger partial charge in [0.15, 0.2) is 0 Å². The molecule has 40 heavy (non-hydrogen) atoms. The molecule has 3 aromatic carbocycles. The second-order valence-corrected chi connectivity index (χ2v) is 10.4. The first-order valence-corrected chi connectivity index (χ1v) is 13.1. The summed E-state index contributed by atoms with van der Waals surface area (Å²) in [5.41, 5.74) is 2.48. The largest absolute Gasteiger partial charge is 0.352 e. The fourth-order valence-electron chi connectivity index (χ4n) is 4.31. The quantitative estimate of drug-likeness (QED) is 0.216. The molecule has 0 aliphatic rings. The van der Waals surface area contributed by atoms with Crippen LogP contribution in [0.25, 0.3) is 10.9 Å². The number of nitrogens with one attached hydrogen (secondary N) is 3.